The van der Waals surface area contributed by atoms with Crippen molar-refractivity contribution in [1.29, 1.82) is 0 Å². The van der Waals surface area contributed by atoms with E-state index in [9.17, 15) is 14.4 Å². The molecule has 1 amide bonds. The number of amides is 1. The number of pyridine rings is 1. The molecule has 12 heteroatoms. The molecule has 0 radical (unpaired) electrons. The predicted octanol–water partition coefficient (Wildman–Crippen LogP) is 3.23. The van der Waals surface area contributed by atoms with E-state index in [1.54, 1.807) is 30.0 Å². The average Bonchev–Trinajstić information content (AvgIpc) is 3.41. The van der Waals surface area contributed by atoms with Gasteiger partial charge in [0.05, 0.1) is 36.8 Å². The van der Waals surface area contributed by atoms with E-state index in [0.717, 1.165) is 29.9 Å². The minimum absolute atomic E-state index is 0.0333. The Morgan fingerprint density at radius 1 is 1.00 bits per heavy atom. The summed E-state index contributed by atoms with van der Waals surface area (Å²) in [6.07, 6.45) is 3.83. The van der Waals surface area contributed by atoms with E-state index < -0.39 is 0 Å². The van der Waals surface area contributed by atoms with Crippen molar-refractivity contribution in [1.82, 2.24) is 23.7 Å². The normalized spacial score (nSPS) is 16.8. The Balaban J connectivity index is 1.22. The molecule has 0 saturated carbocycles. The van der Waals surface area contributed by atoms with Crippen LogP contribution in [0.25, 0.3) is 16.6 Å². The number of anilines is 2. The van der Waals surface area contributed by atoms with E-state index in [1.165, 1.54) is 14.6 Å². The number of carbonyl (C=O) groups excluding carboxylic acids is 1. The van der Waals surface area contributed by atoms with E-state index in [4.69, 9.17) is 14.5 Å². The largest absolute Gasteiger partial charge is 0.382 e. The number of nitrogens with zero attached hydrogens (tertiary/aromatic N) is 7. The van der Waals surface area contributed by atoms with E-state index in [-0.39, 0.29) is 35.8 Å². The molecule has 5 heterocycles. The number of aryl methyl sites for hydroxylation is 4. The van der Waals surface area contributed by atoms with Gasteiger partial charge in [0.2, 0.25) is 5.91 Å². The average molecular weight is 652 g/mol. The second-order valence-electron chi connectivity index (χ2n) is 12.8. The van der Waals surface area contributed by atoms with E-state index in [0.29, 0.717) is 67.9 Å². The molecule has 1 fully saturated rings. The first-order valence-electron chi connectivity index (χ1n) is 16.7. The summed E-state index contributed by atoms with van der Waals surface area (Å²) < 4.78 is 15.8. The van der Waals surface area contributed by atoms with Gasteiger partial charge in [0.1, 0.15) is 5.82 Å². The Bertz CT molecular complexity index is 2100. The standard InChI is InChI=1S/C36H41N7O5/c1-24(2)43-31-20-25(7-8-26(31)9-12-34(43)44)13-16-40-32(14-17-42-36(46)41-15-5-4-6-33(41)38-42)37-30-21-27(10-11-29(30)35(40)45)39-18-19-48-28(22-39)23-47-3/h4-8,10-11,15,20-21,24,28H,9,12-14,16-19,22-23H2,1-3H3/t28-/m1/s1. The maximum atomic E-state index is 14.2. The van der Waals surface area contributed by atoms with Gasteiger partial charge in [0.15, 0.2) is 5.65 Å². The Labute approximate surface area is 278 Å². The maximum Gasteiger partial charge on any atom is 0.350 e. The summed E-state index contributed by atoms with van der Waals surface area (Å²) >= 11 is 0. The van der Waals surface area contributed by atoms with Crippen molar-refractivity contribution in [3.63, 3.8) is 0 Å². The molecule has 5 aromatic rings. The van der Waals surface area contributed by atoms with E-state index in [2.05, 4.69) is 28.2 Å². The van der Waals surface area contributed by atoms with Crippen molar-refractivity contribution < 1.29 is 14.3 Å². The van der Waals surface area contributed by atoms with Crippen molar-refractivity contribution in [2.24, 2.45) is 0 Å². The van der Waals surface area contributed by atoms with Crippen LogP contribution in [0.15, 0.2) is 70.4 Å². The number of methoxy groups -OCH3 is 1. The lowest BCUT2D eigenvalue weighted by Gasteiger charge is -2.34. The van der Waals surface area contributed by atoms with Crippen molar-refractivity contribution in [2.45, 2.75) is 64.8 Å². The van der Waals surface area contributed by atoms with Gasteiger partial charge in [0.25, 0.3) is 5.56 Å². The molecule has 2 aliphatic heterocycles. The van der Waals surface area contributed by atoms with E-state index >= 15 is 0 Å². The van der Waals surface area contributed by atoms with Gasteiger partial charge in [-0.2, -0.15) is 0 Å². The van der Waals surface area contributed by atoms with Crippen LogP contribution in [0, 0.1) is 0 Å². The van der Waals surface area contributed by atoms with Gasteiger partial charge < -0.3 is 19.3 Å². The molecule has 0 unspecified atom stereocenters. The molecule has 0 spiro atoms. The Kier molecular flexibility index (Phi) is 8.84. The van der Waals surface area contributed by atoms with Gasteiger partial charge >= 0.3 is 5.69 Å². The summed E-state index contributed by atoms with van der Waals surface area (Å²) in [4.78, 5) is 49.2. The fourth-order valence-corrected chi connectivity index (χ4v) is 6.94. The molecular formula is C36H41N7O5. The number of rotatable bonds is 10. The minimum atomic E-state index is -0.237. The lowest BCUT2D eigenvalue weighted by atomic mass is 9.97. The first kappa shape index (κ1) is 31.8. The molecule has 1 saturated heterocycles. The third-order valence-electron chi connectivity index (χ3n) is 9.34. The Hall–Kier alpha value is -4.81. The number of hydrogen-bond acceptors (Lipinski definition) is 8. The summed E-state index contributed by atoms with van der Waals surface area (Å²) in [5.41, 5.74) is 4.95. The van der Waals surface area contributed by atoms with Crippen molar-refractivity contribution in [2.75, 3.05) is 43.2 Å². The van der Waals surface area contributed by atoms with Gasteiger partial charge in [-0.05, 0) is 74.2 Å². The number of hydrogen-bond donors (Lipinski definition) is 0. The van der Waals surface area contributed by atoms with Gasteiger partial charge in [-0.15, -0.1) is 5.10 Å². The van der Waals surface area contributed by atoms with Crippen LogP contribution in [0.1, 0.15) is 37.2 Å². The van der Waals surface area contributed by atoms with Gasteiger partial charge in [-0.1, -0.05) is 18.2 Å². The van der Waals surface area contributed by atoms with Crippen molar-refractivity contribution in [3.05, 3.63) is 98.6 Å². The number of aromatic nitrogens is 5. The van der Waals surface area contributed by atoms with Crippen LogP contribution >= 0.6 is 0 Å². The summed E-state index contributed by atoms with van der Waals surface area (Å²) in [7, 11) is 1.67. The highest BCUT2D eigenvalue weighted by atomic mass is 16.5. The second-order valence-corrected chi connectivity index (χ2v) is 12.8. The molecule has 1 atom stereocenters. The lowest BCUT2D eigenvalue weighted by Crippen LogP contribution is -2.44. The number of ether oxygens (including phenoxy) is 2. The number of morpholine rings is 1. The molecule has 2 aromatic carbocycles. The Morgan fingerprint density at radius 3 is 2.69 bits per heavy atom. The third-order valence-corrected chi connectivity index (χ3v) is 9.34. The van der Waals surface area contributed by atoms with Gasteiger partial charge in [-0.3, -0.25) is 18.6 Å². The molecule has 2 aliphatic rings. The van der Waals surface area contributed by atoms with Crippen LogP contribution in [0.3, 0.4) is 0 Å². The number of fused-ring (bicyclic) bond motifs is 3. The minimum Gasteiger partial charge on any atom is -0.382 e. The van der Waals surface area contributed by atoms with Gasteiger partial charge in [-0.25, -0.2) is 14.5 Å². The highest BCUT2D eigenvalue weighted by molar-refractivity contribution is 5.97. The summed E-state index contributed by atoms with van der Waals surface area (Å²) in [5, 5.41) is 5.03. The third kappa shape index (κ3) is 6.13. The first-order valence-corrected chi connectivity index (χ1v) is 16.7. The molecule has 48 heavy (non-hydrogen) atoms. The van der Waals surface area contributed by atoms with Crippen LogP contribution in [-0.4, -0.2) is 75.2 Å². The predicted molar refractivity (Wildman–Crippen MR) is 184 cm³/mol. The highest BCUT2D eigenvalue weighted by Crippen LogP contribution is 2.31. The SMILES string of the molecule is COC[C@H]1CN(c2ccc3c(=O)n(CCc4ccc5c(c4)N(C(C)C)C(=O)CC5)c(CCn4nc5ccccn5c4=O)nc3c2)CCO1. The lowest BCUT2D eigenvalue weighted by molar-refractivity contribution is -0.119. The van der Waals surface area contributed by atoms with Crippen LogP contribution < -0.4 is 21.0 Å². The van der Waals surface area contributed by atoms with Crippen molar-refractivity contribution in [3.8, 4) is 0 Å². The van der Waals surface area contributed by atoms with Crippen LogP contribution in [0.5, 0.6) is 0 Å². The zero-order valence-electron chi connectivity index (χ0n) is 27.7. The van der Waals surface area contributed by atoms with Crippen LogP contribution in [-0.2, 0) is 46.6 Å². The van der Waals surface area contributed by atoms with E-state index in [1.807, 2.05) is 43.0 Å². The Morgan fingerprint density at radius 2 is 1.88 bits per heavy atom. The molecule has 0 aliphatic carbocycles. The number of benzene rings is 2. The second kappa shape index (κ2) is 13.4. The zero-order chi connectivity index (χ0) is 33.4. The monoisotopic (exact) mass is 651 g/mol. The fraction of sp³-hybridized carbons (Fsp3) is 0.417. The fourth-order valence-electron chi connectivity index (χ4n) is 6.94. The topological polar surface area (TPSA) is 116 Å². The highest BCUT2D eigenvalue weighted by Gasteiger charge is 2.27. The maximum absolute atomic E-state index is 14.2. The smallest absolute Gasteiger partial charge is 0.350 e. The molecule has 7 rings (SSSR count). The van der Waals surface area contributed by atoms with Crippen LogP contribution in [0.2, 0.25) is 0 Å². The van der Waals surface area contributed by atoms with Gasteiger partial charge in [0, 0.05) is 63.2 Å². The van der Waals surface area contributed by atoms with Crippen LogP contribution in [0.4, 0.5) is 11.4 Å². The summed E-state index contributed by atoms with van der Waals surface area (Å²) in [5.74, 6) is 0.726. The molecule has 0 N–H and O–H groups in total. The summed E-state index contributed by atoms with van der Waals surface area (Å²) in [6, 6.07) is 17.6. The molecule has 3 aromatic heterocycles. The first-order chi connectivity index (χ1) is 23.3. The number of carbonyl (C=O) groups is 1. The molecule has 250 valence electrons. The summed E-state index contributed by atoms with van der Waals surface area (Å²) in [6.45, 7) is 7.24. The zero-order valence-corrected chi connectivity index (χ0v) is 27.7. The molecular weight excluding hydrogens is 610 g/mol. The molecule has 0 bridgehead atoms. The quantitative estimate of drug-likeness (QED) is 0.226. The van der Waals surface area contributed by atoms with Crippen molar-refractivity contribution >= 4 is 33.8 Å². The molecule has 12 nitrogen and oxygen atoms in total.